The van der Waals surface area contributed by atoms with Gasteiger partial charge in [0.2, 0.25) is 0 Å². The van der Waals surface area contributed by atoms with Gasteiger partial charge >= 0.3 is 5.97 Å². The molecule has 0 saturated heterocycles. The van der Waals surface area contributed by atoms with E-state index in [0.717, 1.165) is 12.1 Å². The van der Waals surface area contributed by atoms with Crippen LogP contribution < -0.4 is 5.32 Å². The molecule has 2 N–H and O–H groups in total. The van der Waals surface area contributed by atoms with Gasteiger partial charge in [-0.05, 0) is 6.42 Å². The normalized spacial score (nSPS) is 12.3. The van der Waals surface area contributed by atoms with Crippen LogP contribution in [0.3, 0.4) is 0 Å². The summed E-state index contributed by atoms with van der Waals surface area (Å²) in [7, 11) is 0. The number of aromatic nitrogens is 2. The Kier molecular flexibility index (Phi) is 4.07. The van der Waals surface area contributed by atoms with Gasteiger partial charge in [-0.3, -0.25) is 4.98 Å². The van der Waals surface area contributed by atoms with Crippen molar-refractivity contribution in [2.75, 3.05) is 5.32 Å². The summed E-state index contributed by atoms with van der Waals surface area (Å²) in [6.07, 6.45) is 2.41. The minimum atomic E-state index is -1.02. The highest BCUT2D eigenvalue weighted by Crippen LogP contribution is 2.17. The standard InChI is InChI=1S/C13H13F2N3O2/c1-2-3-9(13(19)20)17-12-6-16-10-4-7(14)8(15)5-11(10)18-12/h4-6,9H,2-3H2,1H3,(H,17,18)(H,19,20). The van der Waals surface area contributed by atoms with Gasteiger partial charge in [-0.1, -0.05) is 13.3 Å². The van der Waals surface area contributed by atoms with E-state index < -0.39 is 23.6 Å². The molecule has 0 spiro atoms. The Hall–Kier alpha value is -2.31. The van der Waals surface area contributed by atoms with Crippen molar-refractivity contribution in [3.63, 3.8) is 0 Å². The largest absolute Gasteiger partial charge is 0.480 e. The maximum Gasteiger partial charge on any atom is 0.326 e. The van der Waals surface area contributed by atoms with Crippen LogP contribution in [0.15, 0.2) is 18.3 Å². The molecule has 0 aliphatic rings. The number of benzene rings is 1. The molecule has 1 atom stereocenters. The van der Waals surface area contributed by atoms with Crippen molar-refractivity contribution in [2.24, 2.45) is 0 Å². The van der Waals surface area contributed by atoms with Gasteiger partial charge in [-0.2, -0.15) is 0 Å². The number of carboxylic acids is 1. The summed E-state index contributed by atoms with van der Waals surface area (Å²) in [5, 5.41) is 11.8. The van der Waals surface area contributed by atoms with Crippen LogP contribution in [0.1, 0.15) is 19.8 Å². The fourth-order valence-corrected chi connectivity index (χ4v) is 1.80. The molecule has 0 aliphatic carbocycles. The lowest BCUT2D eigenvalue weighted by Crippen LogP contribution is -2.29. The minimum Gasteiger partial charge on any atom is -0.480 e. The molecule has 0 saturated carbocycles. The van der Waals surface area contributed by atoms with E-state index in [1.54, 1.807) is 0 Å². The number of hydrogen-bond donors (Lipinski definition) is 2. The Morgan fingerprint density at radius 1 is 1.35 bits per heavy atom. The maximum atomic E-state index is 13.1. The molecular formula is C13H13F2N3O2. The first-order valence-electron chi connectivity index (χ1n) is 6.12. The van der Waals surface area contributed by atoms with Crippen molar-refractivity contribution in [3.8, 4) is 0 Å². The van der Waals surface area contributed by atoms with Crippen LogP contribution in [0.4, 0.5) is 14.6 Å². The van der Waals surface area contributed by atoms with Crippen molar-refractivity contribution in [2.45, 2.75) is 25.8 Å². The van der Waals surface area contributed by atoms with Gasteiger partial charge < -0.3 is 10.4 Å². The van der Waals surface area contributed by atoms with Gasteiger partial charge in [0.05, 0.1) is 17.2 Å². The summed E-state index contributed by atoms with van der Waals surface area (Å²) < 4.78 is 26.2. The summed E-state index contributed by atoms with van der Waals surface area (Å²) in [4.78, 5) is 19.0. The Morgan fingerprint density at radius 2 is 2.00 bits per heavy atom. The molecule has 20 heavy (non-hydrogen) atoms. The highest BCUT2D eigenvalue weighted by Gasteiger charge is 2.17. The third-order valence-corrected chi connectivity index (χ3v) is 2.78. The van der Waals surface area contributed by atoms with Gasteiger partial charge in [-0.15, -0.1) is 0 Å². The number of rotatable bonds is 5. The SMILES string of the molecule is CCCC(Nc1cnc2cc(F)c(F)cc2n1)C(=O)O. The summed E-state index contributed by atoms with van der Waals surface area (Å²) in [6, 6.07) is 1.08. The number of halogens is 2. The first kappa shape index (κ1) is 14.1. The van der Waals surface area contributed by atoms with Crippen molar-refractivity contribution >= 4 is 22.8 Å². The lowest BCUT2D eigenvalue weighted by atomic mass is 10.2. The highest BCUT2D eigenvalue weighted by molar-refractivity contribution is 5.79. The molecule has 0 fully saturated rings. The number of nitrogens with one attached hydrogen (secondary N) is 1. The summed E-state index contributed by atoms with van der Waals surface area (Å²) >= 11 is 0. The van der Waals surface area contributed by atoms with Gasteiger partial charge in [0.1, 0.15) is 11.9 Å². The van der Waals surface area contributed by atoms with E-state index in [0.29, 0.717) is 12.8 Å². The van der Waals surface area contributed by atoms with Crippen molar-refractivity contribution < 1.29 is 18.7 Å². The Balaban J connectivity index is 2.31. The Labute approximate surface area is 113 Å². The topological polar surface area (TPSA) is 75.1 Å². The van der Waals surface area contributed by atoms with Crippen LogP contribution in [0.2, 0.25) is 0 Å². The van der Waals surface area contributed by atoms with E-state index in [1.165, 1.54) is 6.20 Å². The number of anilines is 1. The second-order valence-corrected chi connectivity index (χ2v) is 4.33. The third-order valence-electron chi connectivity index (χ3n) is 2.78. The van der Waals surface area contributed by atoms with Crippen molar-refractivity contribution in [1.29, 1.82) is 0 Å². The van der Waals surface area contributed by atoms with E-state index in [1.807, 2.05) is 6.92 Å². The zero-order valence-corrected chi connectivity index (χ0v) is 10.7. The lowest BCUT2D eigenvalue weighted by molar-refractivity contribution is -0.138. The minimum absolute atomic E-state index is 0.162. The maximum absolute atomic E-state index is 13.1. The number of fused-ring (bicyclic) bond motifs is 1. The molecule has 5 nitrogen and oxygen atoms in total. The highest BCUT2D eigenvalue weighted by atomic mass is 19.2. The molecule has 0 aliphatic heterocycles. The predicted molar refractivity (Wildman–Crippen MR) is 69.4 cm³/mol. The van der Waals surface area contributed by atoms with Crippen molar-refractivity contribution in [3.05, 3.63) is 30.0 Å². The number of carboxylic acid groups (broad SMARTS) is 1. The molecule has 2 aromatic rings. The van der Waals surface area contributed by atoms with Crippen LogP contribution in [0, 0.1) is 11.6 Å². The average Bonchev–Trinajstić information content (AvgIpc) is 2.39. The van der Waals surface area contributed by atoms with Gasteiger partial charge in [0.25, 0.3) is 0 Å². The Bertz CT molecular complexity index is 649. The van der Waals surface area contributed by atoms with Crippen molar-refractivity contribution in [1.82, 2.24) is 9.97 Å². The molecule has 1 aromatic heterocycles. The predicted octanol–water partition coefficient (Wildman–Crippen LogP) is 2.57. The van der Waals surface area contributed by atoms with Gasteiger partial charge in [0, 0.05) is 12.1 Å². The van der Waals surface area contributed by atoms with Gasteiger partial charge in [0.15, 0.2) is 11.6 Å². The third kappa shape index (κ3) is 2.98. The molecule has 0 radical (unpaired) electrons. The monoisotopic (exact) mass is 281 g/mol. The smallest absolute Gasteiger partial charge is 0.326 e. The first-order chi connectivity index (χ1) is 9.51. The van der Waals surface area contributed by atoms with E-state index in [9.17, 15) is 13.6 Å². The quantitative estimate of drug-likeness (QED) is 0.881. The average molecular weight is 281 g/mol. The molecule has 0 bridgehead atoms. The number of carbonyl (C=O) groups is 1. The first-order valence-corrected chi connectivity index (χ1v) is 6.12. The summed E-state index contributed by atoms with van der Waals surface area (Å²) in [5.74, 6) is -2.81. The van der Waals surface area contributed by atoms with Gasteiger partial charge in [-0.25, -0.2) is 18.6 Å². The van der Waals surface area contributed by atoms with Crippen LogP contribution in [-0.2, 0) is 4.79 Å². The molecule has 1 aromatic carbocycles. The molecule has 0 amide bonds. The fraction of sp³-hybridized carbons (Fsp3) is 0.308. The zero-order chi connectivity index (χ0) is 14.7. The van der Waals surface area contributed by atoms with Crippen LogP contribution >= 0.6 is 0 Å². The van der Waals surface area contributed by atoms with E-state index in [2.05, 4.69) is 15.3 Å². The number of nitrogens with zero attached hydrogens (tertiary/aromatic N) is 2. The molecule has 106 valence electrons. The van der Waals surface area contributed by atoms with E-state index >= 15 is 0 Å². The molecule has 1 unspecified atom stereocenters. The Morgan fingerprint density at radius 3 is 2.60 bits per heavy atom. The second-order valence-electron chi connectivity index (χ2n) is 4.33. The summed E-state index contributed by atoms with van der Waals surface area (Å²) in [6.45, 7) is 1.86. The lowest BCUT2D eigenvalue weighted by Gasteiger charge is -2.14. The van der Waals surface area contributed by atoms with E-state index in [4.69, 9.17) is 5.11 Å². The van der Waals surface area contributed by atoms with E-state index in [-0.39, 0.29) is 16.9 Å². The van der Waals surface area contributed by atoms with Crippen LogP contribution in [-0.4, -0.2) is 27.1 Å². The molecule has 1 heterocycles. The molecular weight excluding hydrogens is 268 g/mol. The molecule has 2 rings (SSSR count). The second kappa shape index (κ2) is 5.77. The van der Waals surface area contributed by atoms with Crippen LogP contribution in [0.25, 0.3) is 11.0 Å². The fourth-order valence-electron chi connectivity index (χ4n) is 1.80. The van der Waals surface area contributed by atoms with Crippen LogP contribution in [0.5, 0.6) is 0 Å². The number of aliphatic carboxylic acids is 1. The number of hydrogen-bond acceptors (Lipinski definition) is 4. The zero-order valence-electron chi connectivity index (χ0n) is 10.7. The summed E-state index contributed by atoms with van der Waals surface area (Å²) in [5.41, 5.74) is 0.367. The molecule has 7 heteroatoms.